The highest BCUT2D eigenvalue weighted by atomic mass is 16.5. The van der Waals surface area contributed by atoms with Crippen molar-refractivity contribution < 1.29 is 24.2 Å². The molecule has 1 atom stereocenters. The van der Waals surface area contributed by atoms with Crippen molar-refractivity contribution in [1.82, 2.24) is 0 Å². The minimum Gasteiger partial charge on any atom is -0.503 e. The maximum Gasteiger partial charge on any atom is 0.294 e. The van der Waals surface area contributed by atoms with E-state index in [9.17, 15) is 14.7 Å². The van der Waals surface area contributed by atoms with E-state index in [0.29, 0.717) is 29.4 Å². The second-order valence-corrected chi connectivity index (χ2v) is 7.98. The number of anilines is 1. The molecule has 0 spiro atoms. The molecule has 1 unspecified atom stereocenters. The van der Waals surface area contributed by atoms with Gasteiger partial charge in [-0.25, -0.2) is 0 Å². The third kappa shape index (κ3) is 4.74. The second-order valence-electron chi connectivity index (χ2n) is 7.98. The van der Waals surface area contributed by atoms with Gasteiger partial charge in [-0.15, -0.1) is 0 Å². The predicted octanol–water partition coefficient (Wildman–Crippen LogP) is 5.00. The summed E-state index contributed by atoms with van der Waals surface area (Å²) in [5.74, 6) is -0.0293. The summed E-state index contributed by atoms with van der Waals surface area (Å²) in [7, 11) is 1.55. The molecule has 1 amide bonds. The molecule has 0 saturated carbocycles. The molecule has 3 rings (SSSR count). The van der Waals surface area contributed by atoms with Gasteiger partial charge in [-0.1, -0.05) is 39.0 Å². The first-order valence-corrected chi connectivity index (χ1v) is 10.5. The highest BCUT2D eigenvalue weighted by Gasteiger charge is 2.44. The van der Waals surface area contributed by atoms with E-state index < -0.39 is 17.7 Å². The van der Waals surface area contributed by atoms with Crippen molar-refractivity contribution in [3.63, 3.8) is 0 Å². The number of rotatable bonds is 9. The normalized spacial score (nSPS) is 16.2. The highest BCUT2D eigenvalue weighted by Crippen LogP contribution is 2.43. The van der Waals surface area contributed by atoms with Crippen LogP contribution in [0, 0.1) is 5.92 Å². The van der Waals surface area contributed by atoms with Gasteiger partial charge in [0.1, 0.15) is 11.5 Å². The topological polar surface area (TPSA) is 76.1 Å². The van der Waals surface area contributed by atoms with Crippen LogP contribution in [0.5, 0.6) is 11.5 Å². The van der Waals surface area contributed by atoms with Gasteiger partial charge < -0.3 is 14.6 Å². The molecule has 0 aliphatic carbocycles. The number of hydrogen-bond acceptors (Lipinski definition) is 5. The Bertz CT molecular complexity index is 995. The van der Waals surface area contributed by atoms with Gasteiger partial charge in [-0.3, -0.25) is 14.5 Å². The minimum atomic E-state index is -0.754. The van der Waals surface area contributed by atoms with Crippen molar-refractivity contribution in [3.05, 3.63) is 65.4 Å². The zero-order valence-electron chi connectivity index (χ0n) is 18.4. The van der Waals surface area contributed by atoms with Crippen molar-refractivity contribution in [2.24, 2.45) is 5.92 Å². The summed E-state index contributed by atoms with van der Waals surface area (Å²) in [4.78, 5) is 27.7. The van der Waals surface area contributed by atoms with Crippen molar-refractivity contribution in [2.45, 2.75) is 39.7 Å². The Labute approximate surface area is 183 Å². The van der Waals surface area contributed by atoms with Crippen LogP contribution < -0.4 is 14.4 Å². The zero-order valence-corrected chi connectivity index (χ0v) is 18.4. The summed E-state index contributed by atoms with van der Waals surface area (Å²) in [5, 5.41) is 10.7. The van der Waals surface area contributed by atoms with E-state index in [4.69, 9.17) is 9.47 Å². The van der Waals surface area contributed by atoms with E-state index in [0.717, 1.165) is 6.42 Å². The average molecular weight is 424 g/mol. The summed E-state index contributed by atoms with van der Waals surface area (Å²) >= 11 is 0. The fraction of sp³-hybridized carbons (Fsp3) is 0.360. The zero-order chi connectivity index (χ0) is 22.5. The summed E-state index contributed by atoms with van der Waals surface area (Å²) in [6, 6.07) is 13.6. The Balaban J connectivity index is 2.12. The number of carbonyl (C=O) groups is 2. The molecule has 1 heterocycles. The molecular formula is C25H29NO5. The van der Waals surface area contributed by atoms with Gasteiger partial charge in [-0.2, -0.15) is 0 Å². The van der Waals surface area contributed by atoms with Gasteiger partial charge >= 0.3 is 0 Å². The lowest BCUT2D eigenvalue weighted by molar-refractivity contribution is -0.118. The number of hydrogen-bond donors (Lipinski definition) is 1. The van der Waals surface area contributed by atoms with Crippen molar-refractivity contribution in [3.8, 4) is 11.5 Å². The first-order chi connectivity index (χ1) is 14.9. The molecule has 6 heteroatoms. The fourth-order valence-electron chi connectivity index (χ4n) is 3.71. The molecule has 0 fully saturated rings. The number of aliphatic hydroxyl groups excluding tert-OH is 1. The molecule has 2 aromatic carbocycles. The van der Waals surface area contributed by atoms with Crippen molar-refractivity contribution in [2.75, 3.05) is 18.6 Å². The first kappa shape index (κ1) is 22.4. The fourth-order valence-corrected chi connectivity index (χ4v) is 3.71. The quantitative estimate of drug-likeness (QED) is 0.614. The highest BCUT2D eigenvalue weighted by molar-refractivity contribution is 6.16. The third-order valence-corrected chi connectivity index (χ3v) is 5.08. The number of ketones is 1. The average Bonchev–Trinajstić information content (AvgIpc) is 3.03. The van der Waals surface area contributed by atoms with E-state index in [2.05, 4.69) is 0 Å². The molecule has 164 valence electrons. The Morgan fingerprint density at radius 3 is 2.52 bits per heavy atom. The largest absolute Gasteiger partial charge is 0.503 e. The van der Waals surface area contributed by atoms with Gasteiger partial charge in [0, 0.05) is 18.2 Å². The molecule has 1 aliphatic rings. The number of benzene rings is 2. The van der Waals surface area contributed by atoms with E-state index in [1.165, 1.54) is 4.90 Å². The lowest BCUT2D eigenvalue weighted by Gasteiger charge is -2.27. The molecule has 1 N–H and O–H groups in total. The Morgan fingerprint density at radius 1 is 1.13 bits per heavy atom. The summed E-state index contributed by atoms with van der Waals surface area (Å²) in [5.41, 5.74) is 1.35. The SMILES string of the molecule is CCCOc1cccc(C2C(C(=O)CC(C)C)=C(O)C(=O)N2c2cccc(OC)c2)c1. The van der Waals surface area contributed by atoms with E-state index in [1.54, 1.807) is 31.4 Å². The Morgan fingerprint density at radius 2 is 1.84 bits per heavy atom. The molecule has 1 aliphatic heterocycles. The molecule has 6 nitrogen and oxygen atoms in total. The smallest absolute Gasteiger partial charge is 0.294 e. The molecule has 0 radical (unpaired) electrons. The number of Topliss-reactive ketones (excluding diaryl/α,β-unsaturated/α-hetero) is 1. The number of carbonyl (C=O) groups excluding carboxylic acids is 2. The molecule has 0 bridgehead atoms. The van der Waals surface area contributed by atoms with Crippen LogP contribution in [0.25, 0.3) is 0 Å². The second kappa shape index (κ2) is 9.69. The lowest BCUT2D eigenvalue weighted by Crippen LogP contribution is -2.31. The van der Waals surface area contributed by atoms with E-state index in [1.807, 2.05) is 45.0 Å². The molecular weight excluding hydrogens is 394 g/mol. The monoisotopic (exact) mass is 423 g/mol. The number of aliphatic hydroxyl groups is 1. The summed E-state index contributed by atoms with van der Waals surface area (Å²) in [6.07, 6.45) is 1.10. The van der Waals surface area contributed by atoms with Crippen LogP contribution in [0.2, 0.25) is 0 Å². The molecule has 0 aromatic heterocycles. The van der Waals surface area contributed by atoms with Gasteiger partial charge in [0.05, 0.1) is 25.3 Å². The Hall–Kier alpha value is -3.28. The van der Waals surface area contributed by atoms with Gasteiger partial charge in [-0.05, 0) is 42.2 Å². The molecule has 2 aromatic rings. The number of ether oxygens (including phenoxy) is 2. The van der Waals surface area contributed by atoms with Gasteiger partial charge in [0.25, 0.3) is 5.91 Å². The number of nitrogens with zero attached hydrogens (tertiary/aromatic N) is 1. The molecule has 0 saturated heterocycles. The van der Waals surface area contributed by atoms with Crippen LogP contribution in [0.15, 0.2) is 59.9 Å². The third-order valence-electron chi connectivity index (χ3n) is 5.08. The maximum atomic E-state index is 13.1. The van der Waals surface area contributed by atoms with Crippen LogP contribution >= 0.6 is 0 Å². The van der Waals surface area contributed by atoms with E-state index >= 15 is 0 Å². The van der Waals surface area contributed by atoms with Crippen LogP contribution in [0.4, 0.5) is 5.69 Å². The van der Waals surface area contributed by atoms with Crippen molar-refractivity contribution >= 4 is 17.4 Å². The molecule has 31 heavy (non-hydrogen) atoms. The summed E-state index contributed by atoms with van der Waals surface area (Å²) < 4.78 is 11.1. The van der Waals surface area contributed by atoms with Crippen LogP contribution in [-0.2, 0) is 9.59 Å². The maximum absolute atomic E-state index is 13.1. The predicted molar refractivity (Wildman–Crippen MR) is 120 cm³/mol. The minimum absolute atomic E-state index is 0.0913. The standard InChI is InChI=1S/C25H29NO5/c1-5-12-31-20-11-6-8-17(14-20)23-22(21(27)13-16(2)3)24(28)25(29)26(23)18-9-7-10-19(15-18)30-4/h6-11,14-16,23,28H,5,12-13H2,1-4H3. The van der Waals surface area contributed by atoms with Gasteiger partial charge in [0.15, 0.2) is 11.5 Å². The van der Waals surface area contributed by atoms with Crippen LogP contribution in [-0.4, -0.2) is 30.5 Å². The number of amides is 1. The van der Waals surface area contributed by atoms with Gasteiger partial charge in [0.2, 0.25) is 0 Å². The van der Waals surface area contributed by atoms with E-state index in [-0.39, 0.29) is 23.7 Å². The summed E-state index contributed by atoms with van der Waals surface area (Å²) in [6.45, 7) is 6.45. The van der Waals surface area contributed by atoms with Crippen LogP contribution in [0.1, 0.15) is 45.2 Å². The van der Waals surface area contributed by atoms with Crippen LogP contribution in [0.3, 0.4) is 0 Å². The van der Waals surface area contributed by atoms with Crippen molar-refractivity contribution in [1.29, 1.82) is 0 Å². The number of methoxy groups -OCH3 is 1. The Kier molecular flexibility index (Phi) is 7.00. The first-order valence-electron chi connectivity index (χ1n) is 10.5. The lowest BCUT2D eigenvalue weighted by atomic mass is 9.92.